The van der Waals surface area contributed by atoms with E-state index in [1.807, 2.05) is 0 Å². The number of benzene rings is 1. The van der Waals surface area contributed by atoms with Crippen LogP contribution in [0.15, 0.2) is 38.9 Å². The van der Waals surface area contributed by atoms with E-state index < -0.39 is 0 Å². The molecule has 1 aromatic carbocycles. The molecule has 0 saturated heterocycles. The van der Waals surface area contributed by atoms with Crippen LogP contribution in [0.3, 0.4) is 0 Å². The highest BCUT2D eigenvalue weighted by molar-refractivity contribution is 9.11. The predicted octanol–water partition coefficient (Wildman–Crippen LogP) is 2.54. The molecular formula is C15H21BrI+. The second-order valence-corrected chi connectivity index (χ2v) is 7.63. The van der Waals surface area contributed by atoms with Gasteiger partial charge in [-0.05, 0) is 25.0 Å². The summed E-state index contributed by atoms with van der Waals surface area (Å²) in [6.45, 7) is 2.26. The number of halogens is 2. The van der Waals surface area contributed by atoms with Gasteiger partial charge in [0.2, 0.25) is 0 Å². The quantitative estimate of drug-likeness (QED) is 0.459. The van der Waals surface area contributed by atoms with Gasteiger partial charge < -0.3 is 0 Å². The zero-order valence-corrected chi connectivity index (χ0v) is 14.2. The van der Waals surface area contributed by atoms with E-state index in [-0.39, 0.29) is 21.2 Å². The average Bonchev–Trinajstić information content (AvgIpc) is 2.37. The van der Waals surface area contributed by atoms with E-state index in [2.05, 4.69) is 57.3 Å². The van der Waals surface area contributed by atoms with Crippen LogP contribution in [-0.2, 0) is 0 Å². The van der Waals surface area contributed by atoms with Gasteiger partial charge in [0, 0.05) is 4.48 Å². The Bertz CT molecular complexity index is 319. The van der Waals surface area contributed by atoms with E-state index in [1.54, 1.807) is 0 Å². The van der Waals surface area contributed by atoms with E-state index in [0.29, 0.717) is 0 Å². The highest BCUT2D eigenvalue weighted by Gasteiger charge is 2.08. The third-order valence-electron chi connectivity index (χ3n) is 2.55. The number of hydrogen-bond acceptors (Lipinski definition) is 0. The molecule has 0 heterocycles. The summed E-state index contributed by atoms with van der Waals surface area (Å²) < 4.78 is 5.31. The minimum absolute atomic E-state index is 0.0483. The fourth-order valence-corrected chi connectivity index (χ4v) is 4.26. The second kappa shape index (κ2) is 10.1. The van der Waals surface area contributed by atoms with E-state index in [4.69, 9.17) is 0 Å². The van der Waals surface area contributed by atoms with Gasteiger partial charge in [-0.15, -0.1) is 0 Å². The summed E-state index contributed by atoms with van der Waals surface area (Å²) in [7, 11) is 0. The maximum Gasteiger partial charge on any atom is 0.350 e. The molecule has 0 unspecified atom stereocenters. The Morgan fingerprint density at radius 2 is 1.82 bits per heavy atom. The topological polar surface area (TPSA) is 0 Å². The molecular weight excluding hydrogens is 387 g/mol. The van der Waals surface area contributed by atoms with E-state index in [0.717, 1.165) is 0 Å². The first-order chi connectivity index (χ1) is 8.33. The number of hydrogen-bond donors (Lipinski definition) is 0. The minimum Gasteiger partial charge on any atom is -0.0654 e. The molecule has 0 amide bonds. The molecule has 0 nitrogen and oxygen atoms in total. The highest BCUT2D eigenvalue weighted by atomic mass is 127. The summed E-state index contributed by atoms with van der Waals surface area (Å²) in [4.78, 5) is 0. The lowest BCUT2D eigenvalue weighted by atomic mass is 10.1. The van der Waals surface area contributed by atoms with Crippen molar-refractivity contribution in [2.45, 2.75) is 45.4 Å². The van der Waals surface area contributed by atoms with E-state index in [9.17, 15) is 0 Å². The lowest BCUT2D eigenvalue weighted by Gasteiger charge is -1.97. The van der Waals surface area contributed by atoms with Crippen LogP contribution in [0.5, 0.6) is 0 Å². The largest absolute Gasteiger partial charge is 0.350 e. The molecule has 1 aromatic rings. The Morgan fingerprint density at radius 3 is 2.53 bits per heavy atom. The monoisotopic (exact) mass is 407 g/mol. The first-order valence-electron chi connectivity index (χ1n) is 6.36. The van der Waals surface area contributed by atoms with Gasteiger partial charge in [0.15, 0.2) is 7.65 Å². The van der Waals surface area contributed by atoms with Gasteiger partial charge in [0.05, 0.1) is 0 Å². The zero-order chi connectivity index (χ0) is 12.3. The summed E-state index contributed by atoms with van der Waals surface area (Å²) in [6, 6.07) is 10.8. The van der Waals surface area contributed by atoms with Crippen LogP contribution >= 0.6 is 15.9 Å². The lowest BCUT2D eigenvalue weighted by molar-refractivity contribution is -0.557. The summed E-state index contributed by atoms with van der Waals surface area (Å²) in [5, 5.41) is 0. The Balaban J connectivity index is 2.17. The molecule has 0 spiro atoms. The molecule has 0 atom stereocenters. The van der Waals surface area contributed by atoms with E-state index in [1.165, 1.54) is 46.6 Å². The van der Waals surface area contributed by atoms with Crippen molar-refractivity contribution in [3.8, 4) is 0 Å². The normalized spacial score (nSPS) is 11.8. The summed E-state index contributed by atoms with van der Waals surface area (Å²) in [5.41, 5.74) is 0. The van der Waals surface area contributed by atoms with Gasteiger partial charge in [0.1, 0.15) is 0 Å². The van der Waals surface area contributed by atoms with Crippen LogP contribution in [0.2, 0.25) is 0 Å². The Morgan fingerprint density at radius 1 is 1.12 bits per heavy atom. The molecule has 2 heteroatoms. The van der Waals surface area contributed by atoms with Crippen LogP contribution in [0.4, 0.5) is 0 Å². The van der Waals surface area contributed by atoms with Gasteiger partial charge in [-0.3, -0.25) is 0 Å². The smallest absolute Gasteiger partial charge is 0.0654 e. The Hall–Kier alpha value is 0.170. The summed E-state index contributed by atoms with van der Waals surface area (Å²) in [6.07, 6.45) is 8.03. The molecule has 0 N–H and O–H groups in total. The molecule has 0 aliphatic heterocycles. The molecule has 0 aliphatic carbocycles. The van der Waals surface area contributed by atoms with Crippen LogP contribution in [0.1, 0.15) is 45.4 Å². The molecule has 0 aliphatic rings. The standard InChI is InChI=1S/C15H21BrI/c1-2-3-4-5-7-10-14(16)13-17-15-11-8-6-9-12-15/h6,8-9,11-13H,2-5,7,10H2,1H3/q+1/b14-13-. The van der Waals surface area contributed by atoms with Crippen molar-refractivity contribution < 1.29 is 21.2 Å². The first kappa shape index (κ1) is 15.2. The fourth-order valence-electron chi connectivity index (χ4n) is 1.56. The second-order valence-electron chi connectivity index (χ2n) is 4.12. The van der Waals surface area contributed by atoms with Crippen molar-refractivity contribution in [3.63, 3.8) is 0 Å². The third-order valence-corrected chi connectivity index (χ3v) is 6.53. The molecule has 1 rings (SSSR count). The number of allylic oxidation sites excluding steroid dienone is 1. The highest BCUT2D eigenvalue weighted by Crippen LogP contribution is 2.14. The van der Waals surface area contributed by atoms with Gasteiger partial charge >= 0.3 is 21.2 Å². The Labute approximate surface area is 124 Å². The predicted molar refractivity (Wildman–Crippen MR) is 75.5 cm³/mol. The van der Waals surface area contributed by atoms with Crippen molar-refractivity contribution in [2.24, 2.45) is 0 Å². The van der Waals surface area contributed by atoms with Crippen molar-refractivity contribution >= 4 is 15.9 Å². The van der Waals surface area contributed by atoms with Gasteiger partial charge in [0.25, 0.3) is 0 Å². The maximum absolute atomic E-state index is 3.69. The SMILES string of the molecule is CCCCCCC/C(Br)=C/[I+]c1ccccc1. The van der Waals surface area contributed by atoms with Crippen molar-refractivity contribution in [3.05, 3.63) is 42.5 Å². The minimum atomic E-state index is 0.0483. The molecule has 0 radical (unpaired) electrons. The van der Waals surface area contributed by atoms with Crippen LogP contribution in [0.25, 0.3) is 0 Å². The van der Waals surface area contributed by atoms with Gasteiger partial charge in [-0.25, -0.2) is 0 Å². The van der Waals surface area contributed by atoms with Gasteiger partial charge in [-0.1, -0.05) is 66.7 Å². The number of unbranched alkanes of at least 4 members (excludes halogenated alkanes) is 4. The van der Waals surface area contributed by atoms with Crippen LogP contribution in [-0.4, -0.2) is 0 Å². The van der Waals surface area contributed by atoms with Crippen LogP contribution < -0.4 is 21.2 Å². The Kier molecular flexibility index (Phi) is 9.07. The third kappa shape index (κ3) is 7.98. The van der Waals surface area contributed by atoms with E-state index >= 15 is 0 Å². The summed E-state index contributed by atoms with van der Waals surface area (Å²) in [5.74, 6) is 0. The molecule has 0 bridgehead atoms. The lowest BCUT2D eigenvalue weighted by Crippen LogP contribution is -3.59. The molecule has 0 fully saturated rings. The first-order valence-corrected chi connectivity index (χ1v) is 9.47. The fraction of sp³-hybridized carbons (Fsp3) is 0.467. The average molecular weight is 408 g/mol. The summed E-state index contributed by atoms with van der Waals surface area (Å²) >= 11 is 3.74. The molecule has 0 saturated carbocycles. The molecule has 0 aromatic heterocycles. The molecule has 94 valence electrons. The maximum atomic E-state index is 3.69. The zero-order valence-electron chi connectivity index (χ0n) is 10.5. The number of rotatable bonds is 8. The van der Waals surface area contributed by atoms with Crippen molar-refractivity contribution in [1.29, 1.82) is 0 Å². The van der Waals surface area contributed by atoms with Crippen molar-refractivity contribution in [1.82, 2.24) is 0 Å². The molecule has 17 heavy (non-hydrogen) atoms. The van der Waals surface area contributed by atoms with Crippen LogP contribution in [0, 0.1) is 3.57 Å². The van der Waals surface area contributed by atoms with Crippen molar-refractivity contribution in [2.75, 3.05) is 0 Å². The van der Waals surface area contributed by atoms with Gasteiger partial charge in [-0.2, -0.15) is 0 Å².